The summed E-state index contributed by atoms with van der Waals surface area (Å²) in [6.07, 6.45) is 5.26. The van der Waals surface area contributed by atoms with Crippen LogP contribution in [-0.4, -0.2) is 29.8 Å². The molecule has 0 saturated carbocycles. The molecule has 0 amide bonds. The normalized spacial score (nSPS) is 14.1. The Balaban J connectivity index is 3.31. The van der Waals surface area contributed by atoms with E-state index < -0.39 is 13.3 Å². The van der Waals surface area contributed by atoms with Gasteiger partial charge < -0.3 is 9.63 Å². The van der Waals surface area contributed by atoms with Gasteiger partial charge in [0.1, 0.15) is 0 Å². The standard InChI is InChI=1S/C11H21O4P/c1-3-11(12)15-9-7-5-6-8-10-16(13,14)4-2/h3H,1,4-10H2,2H3,(H,13,14). The lowest BCUT2D eigenvalue weighted by molar-refractivity contribution is -0.137. The summed E-state index contributed by atoms with van der Waals surface area (Å²) in [5.74, 6) is -0.397. The molecule has 5 heteroatoms. The predicted molar refractivity (Wildman–Crippen MR) is 64.9 cm³/mol. The van der Waals surface area contributed by atoms with Crippen LogP contribution in [0.3, 0.4) is 0 Å². The second-order valence-electron chi connectivity index (χ2n) is 3.67. The van der Waals surface area contributed by atoms with Crippen molar-refractivity contribution in [1.82, 2.24) is 0 Å². The number of hydrogen-bond donors (Lipinski definition) is 1. The lowest BCUT2D eigenvalue weighted by Crippen LogP contribution is -2.01. The van der Waals surface area contributed by atoms with Crippen LogP contribution in [0.5, 0.6) is 0 Å². The maximum Gasteiger partial charge on any atom is 0.330 e. The van der Waals surface area contributed by atoms with Crippen LogP contribution < -0.4 is 0 Å². The summed E-state index contributed by atoms with van der Waals surface area (Å²) in [7, 11) is -2.85. The van der Waals surface area contributed by atoms with Crippen molar-refractivity contribution >= 4 is 13.3 Å². The molecule has 0 rings (SSSR count). The van der Waals surface area contributed by atoms with Gasteiger partial charge in [-0.05, 0) is 12.8 Å². The van der Waals surface area contributed by atoms with Crippen LogP contribution in [0.4, 0.5) is 0 Å². The van der Waals surface area contributed by atoms with Crippen molar-refractivity contribution in [2.75, 3.05) is 18.9 Å². The van der Waals surface area contributed by atoms with Gasteiger partial charge in [-0.15, -0.1) is 0 Å². The zero-order chi connectivity index (χ0) is 12.4. The van der Waals surface area contributed by atoms with Crippen molar-refractivity contribution in [3.8, 4) is 0 Å². The molecular formula is C11H21O4P. The van der Waals surface area contributed by atoms with Crippen LogP contribution in [0.1, 0.15) is 32.6 Å². The molecule has 0 spiro atoms. The first-order valence-corrected chi connectivity index (χ1v) is 7.65. The van der Waals surface area contributed by atoms with Crippen LogP contribution in [0, 0.1) is 0 Å². The monoisotopic (exact) mass is 248 g/mol. The number of carbonyl (C=O) groups is 1. The molecule has 1 atom stereocenters. The molecule has 4 nitrogen and oxygen atoms in total. The van der Waals surface area contributed by atoms with Gasteiger partial charge in [0.2, 0.25) is 0 Å². The number of rotatable bonds is 9. The first-order chi connectivity index (χ1) is 7.52. The van der Waals surface area contributed by atoms with E-state index >= 15 is 0 Å². The molecule has 0 aliphatic carbocycles. The molecule has 0 bridgehead atoms. The molecule has 0 aliphatic rings. The maximum atomic E-state index is 11.3. The molecule has 94 valence electrons. The zero-order valence-corrected chi connectivity index (χ0v) is 10.7. The van der Waals surface area contributed by atoms with Gasteiger partial charge in [0, 0.05) is 18.4 Å². The Kier molecular flexibility index (Phi) is 8.22. The molecule has 0 aromatic heterocycles. The Morgan fingerprint density at radius 2 is 2.00 bits per heavy atom. The molecule has 0 fully saturated rings. The van der Waals surface area contributed by atoms with Crippen molar-refractivity contribution in [3.05, 3.63) is 12.7 Å². The van der Waals surface area contributed by atoms with E-state index in [1.807, 2.05) is 0 Å². The van der Waals surface area contributed by atoms with E-state index in [4.69, 9.17) is 4.74 Å². The number of hydrogen-bond acceptors (Lipinski definition) is 3. The smallest absolute Gasteiger partial charge is 0.330 e. The van der Waals surface area contributed by atoms with Gasteiger partial charge in [-0.2, -0.15) is 0 Å². The third kappa shape index (κ3) is 8.69. The average molecular weight is 248 g/mol. The molecule has 0 aliphatic heterocycles. The zero-order valence-electron chi connectivity index (χ0n) is 9.85. The Bertz CT molecular complexity index is 263. The van der Waals surface area contributed by atoms with Gasteiger partial charge in [-0.25, -0.2) is 4.79 Å². The van der Waals surface area contributed by atoms with Crippen LogP contribution >= 0.6 is 7.37 Å². The first-order valence-electron chi connectivity index (χ1n) is 5.62. The van der Waals surface area contributed by atoms with Crippen molar-refractivity contribution < 1.29 is 19.0 Å². The minimum Gasteiger partial charge on any atom is -0.463 e. The average Bonchev–Trinajstić information content (AvgIpc) is 2.27. The van der Waals surface area contributed by atoms with E-state index in [1.54, 1.807) is 6.92 Å². The van der Waals surface area contributed by atoms with Gasteiger partial charge >= 0.3 is 5.97 Å². The fourth-order valence-electron chi connectivity index (χ4n) is 1.20. The number of ether oxygens (including phenoxy) is 1. The van der Waals surface area contributed by atoms with E-state index in [0.717, 1.165) is 31.8 Å². The molecule has 1 unspecified atom stereocenters. The Labute approximate surface area is 97.1 Å². The molecule has 0 saturated heterocycles. The molecule has 0 aromatic rings. The summed E-state index contributed by atoms with van der Waals surface area (Å²) in [4.78, 5) is 20.0. The maximum absolute atomic E-state index is 11.3. The van der Waals surface area contributed by atoms with Crippen LogP contribution in [0.15, 0.2) is 12.7 Å². The predicted octanol–water partition coefficient (Wildman–Crippen LogP) is 2.57. The van der Waals surface area contributed by atoms with Crippen LogP contribution in [-0.2, 0) is 14.1 Å². The SMILES string of the molecule is C=CC(=O)OCCCCCCP(=O)(O)CC. The van der Waals surface area contributed by atoms with E-state index in [2.05, 4.69) is 6.58 Å². The minimum atomic E-state index is -2.85. The second kappa shape index (κ2) is 8.54. The van der Waals surface area contributed by atoms with Gasteiger partial charge in [0.05, 0.1) is 6.61 Å². The molecule has 0 radical (unpaired) electrons. The number of esters is 1. The molecular weight excluding hydrogens is 227 g/mol. The lowest BCUT2D eigenvalue weighted by Gasteiger charge is -2.08. The van der Waals surface area contributed by atoms with Crippen LogP contribution in [0.25, 0.3) is 0 Å². The fraction of sp³-hybridized carbons (Fsp3) is 0.727. The quantitative estimate of drug-likeness (QED) is 0.295. The molecule has 1 N–H and O–H groups in total. The third-order valence-electron chi connectivity index (χ3n) is 2.31. The van der Waals surface area contributed by atoms with Gasteiger partial charge in [0.25, 0.3) is 0 Å². The second-order valence-corrected chi connectivity index (χ2v) is 6.44. The van der Waals surface area contributed by atoms with E-state index in [1.165, 1.54) is 0 Å². The Morgan fingerprint density at radius 1 is 1.38 bits per heavy atom. The van der Waals surface area contributed by atoms with E-state index in [9.17, 15) is 14.3 Å². The molecule has 16 heavy (non-hydrogen) atoms. The van der Waals surface area contributed by atoms with E-state index in [0.29, 0.717) is 18.9 Å². The minimum absolute atomic E-state index is 0.351. The van der Waals surface area contributed by atoms with Gasteiger partial charge in [-0.1, -0.05) is 26.3 Å². The highest BCUT2D eigenvalue weighted by atomic mass is 31.2. The fourth-order valence-corrected chi connectivity index (χ4v) is 2.24. The first kappa shape index (κ1) is 15.4. The van der Waals surface area contributed by atoms with Crippen molar-refractivity contribution in [3.63, 3.8) is 0 Å². The summed E-state index contributed by atoms with van der Waals surface area (Å²) >= 11 is 0. The summed E-state index contributed by atoms with van der Waals surface area (Å²) in [6, 6.07) is 0. The largest absolute Gasteiger partial charge is 0.463 e. The van der Waals surface area contributed by atoms with Crippen molar-refractivity contribution in [1.29, 1.82) is 0 Å². The highest BCUT2D eigenvalue weighted by molar-refractivity contribution is 7.57. The van der Waals surface area contributed by atoms with Crippen LogP contribution in [0.2, 0.25) is 0 Å². The summed E-state index contributed by atoms with van der Waals surface area (Å²) in [5.41, 5.74) is 0. The van der Waals surface area contributed by atoms with Gasteiger partial charge in [0.15, 0.2) is 7.37 Å². The lowest BCUT2D eigenvalue weighted by atomic mass is 10.2. The highest BCUT2D eigenvalue weighted by Gasteiger charge is 2.13. The summed E-state index contributed by atoms with van der Waals surface area (Å²) in [6.45, 7) is 5.42. The molecule has 0 aromatic carbocycles. The Hall–Kier alpha value is -0.600. The summed E-state index contributed by atoms with van der Waals surface area (Å²) in [5, 5.41) is 0. The third-order valence-corrected chi connectivity index (χ3v) is 4.31. The summed E-state index contributed by atoms with van der Waals surface area (Å²) < 4.78 is 16.1. The van der Waals surface area contributed by atoms with Crippen molar-refractivity contribution in [2.45, 2.75) is 32.6 Å². The Morgan fingerprint density at radius 3 is 2.56 bits per heavy atom. The number of carbonyl (C=O) groups excluding carboxylic acids is 1. The number of unbranched alkanes of at least 4 members (excludes halogenated alkanes) is 3. The van der Waals surface area contributed by atoms with E-state index in [-0.39, 0.29) is 0 Å². The highest BCUT2D eigenvalue weighted by Crippen LogP contribution is 2.40. The van der Waals surface area contributed by atoms with Gasteiger partial charge in [-0.3, -0.25) is 4.57 Å². The van der Waals surface area contributed by atoms with Crippen molar-refractivity contribution in [2.24, 2.45) is 0 Å². The topological polar surface area (TPSA) is 63.6 Å². The molecule has 0 heterocycles.